The van der Waals surface area contributed by atoms with Crippen molar-refractivity contribution in [2.45, 2.75) is 13.1 Å². The lowest BCUT2D eigenvalue weighted by Crippen LogP contribution is -2.02. The Hall–Kier alpha value is -2.21. The summed E-state index contributed by atoms with van der Waals surface area (Å²) in [6.07, 6.45) is 6.90. The summed E-state index contributed by atoms with van der Waals surface area (Å²) in [5, 5.41) is 7.48. The van der Waals surface area contributed by atoms with E-state index in [0.29, 0.717) is 0 Å². The third kappa shape index (κ3) is 3.88. The third-order valence-electron chi connectivity index (χ3n) is 3.02. The number of anilines is 1. The second kappa shape index (κ2) is 6.49. The van der Waals surface area contributed by atoms with Gasteiger partial charge in [0.25, 0.3) is 0 Å². The molecule has 1 aromatic carbocycles. The minimum Gasteiger partial charge on any atom is -0.381 e. The van der Waals surface area contributed by atoms with Crippen LogP contribution < -0.4 is 5.32 Å². The molecule has 0 aliphatic carbocycles. The first-order chi connectivity index (χ1) is 10.3. The Morgan fingerprint density at radius 1 is 1.05 bits per heavy atom. The van der Waals surface area contributed by atoms with Crippen LogP contribution in [0.2, 0.25) is 0 Å². The van der Waals surface area contributed by atoms with E-state index in [0.717, 1.165) is 28.8 Å². The summed E-state index contributed by atoms with van der Waals surface area (Å²) < 4.78 is 2.79. The van der Waals surface area contributed by atoms with Gasteiger partial charge in [0.15, 0.2) is 0 Å². The average Bonchev–Trinajstić information content (AvgIpc) is 3.00. The summed E-state index contributed by atoms with van der Waals surface area (Å²) in [5.74, 6) is 0. The number of nitrogens with zero attached hydrogens (tertiary/aromatic N) is 4. The van der Waals surface area contributed by atoms with E-state index in [1.54, 1.807) is 23.5 Å². The first-order valence-electron chi connectivity index (χ1n) is 6.54. The van der Waals surface area contributed by atoms with Crippen LogP contribution in [-0.4, -0.2) is 19.7 Å². The Bertz CT molecular complexity index is 694. The van der Waals surface area contributed by atoms with E-state index in [-0.39, 0.29) is 0 Å². The predicted molar refractivity (Wildman–Crippen MR) is 84.8 cm³/mol. The van der Waals surface area contributed by atoms with Crippen molar-refractivity contribution in [2.24, 2.45) is 0 Å². The minimum atomic E-state index is 0.732. The highest BCUT2D eigenvalue weighted by Crippen LogP contribution is 2.14. The summed E-state index contributed by atoms with van der Waals surface area (Å²) in [5.41, 5.74) is 3.41. The number of nitrogens with one attached hydrogen (secondary N) is 1. The van der Waals surface area contributed by atoms with Gasteiger partial charge in [-0.1, -0.05) is 12.1 Å². The van der Waals surface area contributed by atoms with Crippen LogP contribution in [0.1, 0.15) is 11.1 Å². The summed E-state index contributed by atoms with van der Waals surface area (Å²) >= 11 is 3.42. The number of hydrogen-bond donors (Lipinski definition) is 1. The van der Waals surface area contributed by atoms with Crippen molar-refractivity contribution in [1.82, 2.24) is 19.7 Å². The molecule has 6 heteroatoms. The van der Waals surface area contributed by atoms with Gasteiger partial charge < -0.3 is 5.32 Å². The second-order valence-corrected chi connectivity index (χ2v) is 5.57. The van der Waals surface area contributed by atoms with Crippen molar-refractivity contribution in [1.29, 1.82) is 0 Å². The van der Waals surface area contributed by atoms with Crippen LogP contribution in [-0.2, 0) is 13.1 Å². The van der Waals surface area contributed by atoms with Gasteiger partial charge in [-0.2, -0.15) is 5.10 Å². The molecular formula is C15H14BrN5. The molecule has 3 aromatic rings. The van der Waals surface area contributed by atoms with Crippen LogP contribution in [0, 0.1) is 0 Å². The van der Waals surface area contributed by atoms with E-state index in [1.165, 1.54) is 5.56 Å². The Morgan fingerprint density at radius 3 is 2.62 bits per heavy atom. The molecule has 0 saturated heterocycles. The molecule has 0 atom stereocenters. The fourth-order valence-electron chi connectivity index (χ4n) is 1.99. The number of pyridine rings is 1. The van der Waals surface area contributed by atoms with Gasteiger partial charge in [-0.15, -0.1) is 0 Å². The van der Waals surface area contributed by atoms with Gasteiger partial charge in [0.1, 0.15) is 12.7 Å². The quantitative estimate of drug-likeness (QED) is 0.773. The van der Waals surface area contributed by atoms with Crippen LogP contribution >= 0.6 is 15.9 Å². The van der Waals surface area contributed by atoms with E-state index in [4.69, 9.17) is 0 Å². The lowest BCUT2D eigenvalue weighted by Gasteiger charge is -2.08. The lowest BCUT2D eigenvalue weighted by molar-refractivity contribution is 0.685. The van der Waals surface area contributed by atoms with E-state index in [1.807, 2.05) is 6.20 Å². The Labute approximate surface area is 131 Å². The van der Waals surface area contributed by atoms with Gasteiger partial charge in [-0.25, -0.2) is 9.67 Å². The molecule has 5 nitrogen and oxygen atoms in total. The largest absolute Gasteiger partial charge is 0.381 e. The lowest BCUT2D eigenvalue weighted by atomic mass is 10.2. The van der Waals surface area contributed by atoms with Crippen LogP contribution in [0.25, 0.3) is 0 Å². The standard InChI is InChI=1S/C15H14BrN5/c16-14-5-13(6-17-8-14)7-19-15-3-1-12(2-4-15)9-21-11-18-10-20-21/h1-6,8,10-11,19H,7,9H2. The van der Waals surface area contributed by atoms with Crippen molar-refractivity contribution in [3.8, 4) is 0 Å². The Morgan fingerprint density at radius 2 is 1.90 bits per heavy atom. The molecule has 2 heterocycles. The second-order valence-electron chi connectivity index (χ2n) is 4.65. The van der Waals surface area contributed by atoms with Crippen molar-refractivity contribution >= 4 is 21.6 Å². The fourth-order valence-corrected chi connectivity index (χ4v) is 2.40. The molecule has 0 aliphatic rings. The zero-order valence-electron chi connectivity index (χ0n) is 11.3. The molecule has 0 radical (unpaired) electrons. The number of benzene rings is 1. The topological polar surface area (TPSA) is 55.6 Å². The van der Waals surface area contributed by atoms with Crippen LogP contribution in [0.3, 0.4) is 0 Å². The number of rotatable bonds is 5. The first-order valence-corrected chi connectivity index (χ1v) is 7.33. The zero-order valence-corrected chi connectivity index (χ0v) is 12.9. The van der Waals surface area contributed by atoms with Crippen molar-refractivity contribution in [3.05, 3.63) is 71.0 Å². The summed E-state index contributed by atoms with van der Waals surface area (Å²) in [6, 6.07) is 10.4. The van der Waals surface area contributed by atoms with Crippen molar-refractivity contribution < 1.29 is 0 Å². The van der Waals surface area contributed by atoms with Crippen LogP contribution in [0.5, 0.6) is 0 Å². The summed E-state index contributed by atoms with van der Waals surface area (Å²) in [4.78, 5) is 8.09. The third-order valence-corrected chi connectivity index (χ3v) is 3.46. The molecule has 2 aromatic heterocycles. The van der Waals surface area contributed by atoms with E-state index in [2.05, 4.69) is 66.6 Å². The maximum Gasteiger partial charge on any atom is 0.137 e. The van der Waals surface area contributed by atoms with Crippen LogP contribution in [0.15, 0.2) is 59.9 Å². The molecule has 0 spiro atoms. The van der Waals surface area contributed by atoms with Gasteiger partial charge >= 0.3 is 0 Å². The normalized spacial score (nSPS) is 10.5. The van der Waals surface area contributed by atoms with Crippen molar-refractivity contribution in [2.75, 3.05) is 5.32 Å². The predicted octanol–water partition coefficient (Wildman–Crippen LogP) is 3.10. The zero-order chi connectivity index (χ0) is 14.5. The Balaban J connectivity index is 1.59. The fraction of sp³-hybridized carbons (Fsp3) is 0.133. The minimum absolute atomic E-state index is 0.732. The van der Waals surface area contributed by atoms with Gasteiger partial charge in [0.05, 0.1) is 6.54 Å². The average molecular weight is 344 g/mol. The van der Waals surface area contributed by atoms with Gasteiger partial charge in [0.2, 0.25) is 0 Å². The summed E-state index contributed by atoms with van der Waals surface area (Å²) in [6.45, 7) is 1.48. The highest BCUT2D eigenvalue weighted by molar-refractivity contribution is 9.10. The van der Waals surface area contributed by atoms with Gasteiger partial charge in [-0.05, 0) is 45.3 Å². The number of hydrogen-bond acceptors (Lipinski definition) is 4. The smallest absolute Gasteiger partial charge is 0.137 e. The molecular weight excluding hydrogens is 330 g/mol. The molecule has 0 bridgehead atoms. The maximum atomic E-state index is 4.15. The number of aromatic nitrogens is 4. The molecule has 3 rings (SSSR count). The SMILES string of the molecule is Brc1cncc(CNc2ccc(Cn3cncn3)cc2)c1. The molecule has 0 fully saturated rings. The van der Waals surface area contributed by atoms with Crippen molar-refractivity contribution in [3.63, 3.8) is 0 Å². The molecule has 0 amide bonds. The van der Waals surface area contributed by atoms with E-state index < -0.39 is 0 Å². The molecule has 0 unspecified atom stereocenters. The highest BCUT2D eigenvalue weighted by atomic mass is 79.9. The monoisotopic (exact) mass is 343 g/mol. The maximum absolute atomic E-state index is 4.15. The molecule has 106 valence electrons. The molecule has 1 N–H and O–H groups in total. The molecule has 0 saturated carbocycles. The van der Waals surface area contributed by atoms with Gasteiger partial charge in [0, 0.05) is 29.1 Å². The molecule has 21 heavy (non-hydrogen) atoms. The van der Waals surface area contributed by atoms with Gasteiger partial charge in [-0.3, -0.25) is 4.98 Å². The van der Waals surface area contributed by atoms with E-state index in [9.17, 15) is 0 Å². The number of halogens is 1. The molecule has 0 aliphatic heterocycles. The highest BCUT2D eigenvalue weighted by Gasteiger charge is 1.98. The summed E-state index contributed by atoms with van der Waals surface area (Å²) in [7, 11) is 0. The first kappa shape index (κ1) is 13.8. The van der Waals surface area contributed by atoms with Crippen LogP contribution in [0.4, 0.5) is 5.69 Å². The Kier molecular flexibility index (Phi) is 4.25. The van der Waals surface area contributed by atoms with E-state index >= 15 is 0 Å².